The number of nitrogens with one attached hydrogen (secondary N) is 1. The van der Waals surface area contributed by atoms with Crippen LogP contribution >= 0.6 is 0 Å². The van der Waals surface area contributed by atoms with Gasteiger partial charge in [0.25, 0.3) is 0 Å². The Balaban J connectivity index is 1.47. The lowest BCUT2D eigenvalue weighted by molar-refractivity contribution is 0.0525. The molecule has 4 rings (SSSR count). The predicted octanol–water partition coefficient (Wildman–Crippen LogP) is 2.08. The second kappa shape index (κ2) is 8.07. The summed E-state index contributed by atoms with van der Waals surface area (Å²) in [5.74, 6) is -0.264. The van der Waals surface area contributed by atoms with Crippen LogP contribution in [0.4, 0.5) is 4.79 Å². The van der Waals surface area contributed by atoms with E-state index in [-0.39, 0.29) is 18.2 Å². The highest BCUT2D eigenvalue weighted by Gasteiger charge is 2.30. The fourth-order valence-corrected chi connectivity index (χ4v) is 4.13. The van der Waals surface area contributed by atoms with Crippen LogP contribution in [0.25, 0.3) is 0 Å². The molecule has 3 N–H and O–H groups in total. The molecule has 2 aliphatic rings. The number of benzene rings is 1. The van der Waals surface area contributed by atoms with E-state index in [2.05, 4.69) is 15.2 Å². The van der Waals surface area contributed by atoms with Gasteiger partial charge in [-0.1, -0.05) is 6.07 Å². The SMILES string of the molecule is Cc1c([C@@H]2CN(Cc3cn(C(=O)OC(C)(C)C)cn3)C[C@H](N)N2)ccc2c1COC2=O. The normalized spacial score (nSPS) is 21.6. The Labute approximate surface area is 181 Å². The maximum Gasteiger partial charge on any atom is 0.419 e. The Kier molecular flexibility index (Phi) is 5.59. The Morgan fingerprint density at radius 2 is 2.13 bits per heavy atom. The fourth-order valence-electron chi connectivity index (χ4n) is 4.13. The third-order valence-electron chi connectivity index (χ3n) is 5.52. The van der Waals surface area contributed by atoms with E-state index in [4.69, 9.17) is 15.2 Å². The highest BCUT2D eigenvalue weighted by molar-refractivity contribution is 5.94. The molecule has 0 bridgehead atoms. The molecule has 1 fully saturated rings. The summed E-state index contributed by atoms with van der Waals surface area (Å²) < 4.78 is 11.9. The van der Waals surface area contributed by atoms with Crippen LogP contribution in [0.5, 0.6) is 0 Å². The first-order valence-corrected chi connectivity index (χ1v) is 10.4. The molecule has 9 nitrogen and oxygen atoms in total. The summed E-state index contributed by atoms with van der Waals surface area (Å²) in [6.45, 7) is 9.76. The number of hydrogen-bond donors (Lipinski definition) is 2. The summed E-state index contributed by atoms with van der Waals surface area (Å²) in [4.78, 5) is 30.6. The minimum atomic E-state index is -0.566. The maximum atomic E-state index is 12.2. The molecular weight excluding hydrogens is 398 g/mol. The van der Waals surface area contributed by atoms with Gasteiger partial charge in [0, 0.05) is 37.4 Å². The number of ether oxygens (including phenoxy) is 2. The first kappa shape index (κ1) is 21.5. The number of aromatic nitrogens is 2. The smallest absolute Gasteiger partial charge is 0.419 e. The number of esters is 1. The molecule has 31 heavy (non-hydrogen) atoms. The van der Waals surface area contributed by atoms with Gasteiger partial charge in [-0.25, -0.2) is 19.1 Å². The minimum absolute atomic E-state index is 0.0118. The molecule has 1 aromatic carbocycles. The van der Waals surface area contributed by atoms with Gasteiger partial charge in [0.1, 0.15) is 18.5 Å². The van der Waals surface area contributed by atoms with E-state index in [0.29, 0.717) is 25.3 Å². The number of nitrogens with two attached hydrogens (primary N) is 1. The van der Waals surface area contributed by atoms with Gasteiger partial charge in [-0.3, -0.25) is 10.2 Å². The van der Waals surface area contributed by atoms with Crippen LogP contribution in [-0.2, 0) is 22.6 Å². The van der Waals surface area contributed by atoms with E-state index >= 15 is 0 Å². The molecule has 0 radical (unpaired) electrons. The Hall–Kier alpha value is -2.75. The zero-order valence-corrected chi connectivity index (χ0v) is 18.3. The molecular formula is C22H29N5O4. The van der Waals surface area contributed by atoms with Crippen molar-refractivity contribution in [1.82, 2.24) is 19.8 Å². The maximum absolute atomic E-state index is 12.2. The predicted molar refractivity (Wildman–Crippen MR) is 113 cm³/mol. The molecule has 2 atom stereocenters. The number of nitrogens with zero attached hydrogens (tertiary/aromatic N) is 3. The van der Waals surface area contributed by atoms with Gasteiger partial charge >= 0.3 is 12.1 Å². The largest absolute Gasteiger partial charge is 0.457 e. The molecule has 0 amide bonds. The first-order chi connectivity index (χ1) is 14.6. The minimum Gasteiger partial charge on any atom is -0.457 e. The molecule has 2 aliphatic heterocycles. The van der Waals surface area contributed by atoms with Crippen molar-refractivity contribution in [3.8, 4) is 0 Å². The highest BCUT2D eigenvalue weighted by atomic mass is 16.6. The van der Waals surface area contributed by atoms with E-state index < -0.39 is 11.7 Å². The highest BCUT2D eigenvalue weighted by Crippen LogP contribution is 2.30. The van der Waals surface area contributed by atoms with Crippen molar-refractivity contribution in [1.29, 1.82) is 0 Å². The number of hydrogen-bond acceptors (Lipinski definition) is 8. The van der Waals surface area contributed by atoms with Gasteiger partial charge in [0.15, 0.2) is 0 Å². The zero-order valence-electron chi connectivity index (χ0n) is 18.3. The summed E-state index contributed by atoms with van der Waals surface area (Å²) in [5, 5.41) is 3.45. The van der Waals surface area contributed by atoms with Gasteiger partial charge < -0.3 is 15.2 Å². The quantitative estimate of drug-likeness (QED) is 0.716. The number of fused-ring (bicyclic) bond motifs is 1. The van der Waals surface area contributed by atoms with Crippen LogP contribution in [0.2, 0.25) is 0 Å². The van der Waals surface area contributed by atoms with Crippen LogP contribution in [0, 0.1) is 6.92 Å². The molecule has 0 saturated carbocycles. The third-order valence-corrected chi connectivity index (χ3v) is 5.52. The monoisotopic (exact) mass is 427 g/mol. The van der Waals surface area contributed by atoms with Crippen molar-refractivity contribution in [2.24, 2.45) is 5.73 Å². The number of carbonyl (C=O) groups excluding carboxylic acids is 2. The van der Waals surface area contributed by atoms with Crippen LogP contribution in [0.3, 0.4) is 0 Å². The number of imidazole rings is 1. The van der Waals surface area contributed by atoms with Crippen molar-refractivity contribution in [3.63, 3.8) is 0 Å². The van der Waals surface area contributed by atoms with Crippen molar-refractivity contribution in [2.75, 3.05) is 13.1 Å². The summed E-state index contributed by atoms with van der Waals surface area (Å²) in [7, 11) is 0. The summed E-state index contributed by atoms with van der Waals surface area (Å²) in [6.07, 6.45) is 2.51. The summed E-state index contributed by atoms with van der Waals surface area (Å²) in [6, 6.07) is 3.82. The summed E-state index contributed by atoms with van der Waals surface area (Å²) in [5.41, 5.74) is 10.2. The van der Waals surface area contributed by atoms with Gasteiger partial charge in [-0.05, 0) is 44.9 Å². The van der Waals surface area contributed by atoms with Gasteiger partial charge in [-0.15, -0.1) is 0 Å². The topological polar surface area (TPSA) is 112 Å². The molecule has 0 aliphatic carbocycles. The molecule has 0 spiro atoms. The average Bonchev–Trinajstić information content (AvgIpc) is 3.28. The van der Waals surface area contributed by atoms with E-state index in [0.717, 1.165) is 28.9 Å². The van der Waals surface area contributed by atoms with Crippen molar-refractivity contribution in [2.45, 2.75) is 58.7 Å². The van der Waals surface area contributed by atoms with Crippen LogP contribution in [0.15, 0.2) is 24.7 Å². The molecule has 0 unspecified atom stereocenters. The van der Waals surface area contributed by atoms with E-state index in [1.54, 1.807) is 6.20 Å². The lowest BCUT2D eigenvalue weighted by Crippen LogP contribution is -2.56. The lowest BCUT2D eigenvalue weighted by atomic mass is 9.93. The molecule has 3 heterocycles. The van der Waals surface area contributed by atoms with Gasteiger partial charge in [-0.2, -0.15) is 0 Å². The van der Waals surface area contributed by atoms with E-state index in [1.165, 1.54) is 10.9 Å². The van der Waals surface area contributed by atoms with Gasteiger partial charge in [0.05, 0.1) is 17.4 Å². The van der Waals surface area contributed by atoms with Crippen LogP contribution in [0.1, 0.15) is 59.6 Å². The second-order valence-corrected chi connectivity index (χ2v) is 9.15. The van der Waals surface area contributed by atoms with Crippen LogP contribution in [-0.4, -0.2) is 51.4 Å². The molecule has 2 aromatic rings. The van der Waals surface area contributed by atoms with Crippen molar-refractivity contribution >= 4 is 12.1 Å². The lowest BCUT2D eigenvalue weighted by Gasteiger charge is -2.38. The summed E-state index contributed by atoms with van der Waals surface area (Å²) >= 11 is 0. The Morgan fingerprint density at radius 3 is 2.87 bits per heavy atom. The Bertz CT molecular complexity index is 1010. The zero-order chi connectivity index (χ0) is 22.3. The number of piperazine rings is 1. The second-order valence-electron chi connectivity index (χ2n) is 9.15. The van der Waals surface area contributed by atoms with Crippen molar-refractivity contribution < 1.29 is 19.1 Å². The molecule has 9 heteroatoms. The fraction of sp³-hybridized carbons (Fsp3) is 0.500. The molecule has 166 valence electrons. The Morgan fingerprint density at radius 1 is 1.35 bits per heavy atom. The number of rotatable bonds is 3. The number of cyclic esters (lactones) is 1. The van der Waals surface area contributed by atoms with E-state index in [1.807, 2.05) is 39.8 Å². The van der Waals surface area contributed by atoms with E-state index in [9.17, 15) is 9.59 Å². The van der Waals surface area contributed by atoms with Crippen LogP contribution < -0.4 is 11.1 Å². The van der Waals surface area contributed by atoms with Gasteiger partial charge in [0.2, 0.25) is 0 Å². The standard InChI is InChI=1S/C22H29N5O4/c1-13-15(5-6-16-17(13)11-30-20(16)28)18-9-26(10-19(23)25-18)7-14-8-27(12-24-14)21(29)31-22(2,3)4/h5-6,8,12,18-19,25H,7,9-11,23H2,1-4H3/t18-,19+/m0/s1. The first-order valence-electron chi connectivity index (χ1n) is 10.4. The van der Waals surface area contributed by atoms with Crippen molar-refractivity contribution in [3.05, 3.63) is 52.6 Å². The average molecular weight is 428 g/mol. The molecule has 1 saturated heterocycles. The third kappa shape index (κ3) is 4.63. The number of carbonyl (C=O) groups is 2. The molecule has 1 aromatic heterocycles.